The highest BCUT2D eigenvalue weighted by Gasteiger charge is 2.27. The first-order chi connectivity index (χ1) is 12.8. The molecule has 0 atom stereocenters. The molecule has 1 fully saturated rings. The first kappa shape index (κ1) is 16.6. The molecule has 0 aliphatic carbocycles. The summed E-state index contributed by atoms with van der Waals surface area (Å²) in [6.07, 6.45) is 2.57. The van der Waals surface area contributed by atoms with Gasteiger partial charge >= 0.3 is 5.97 Å². The van der Waals surface area contributed by atoms with Crippen molar-refractivity contribution in [3.8, 4) is 11.8 Å². The van der Waals surface area contributed by atoms with Gasteiger partial charge in [-0.15, -0.1) is 0 Å². The van der Waals surface area contributed by atoms with E-state index in [2.05, 4.69) is 26.6 Å². The maximum atomic E-state index is 12.2. The van der Waals surface area contributed by atoms with E-state index in [1.807, 2.05) is 36.4 Å². The molecule has 26 heavy (non-hydrogen) atoms. The summed E-state index contributed by atoms with van der Waals surface area (Å²) < 4.78 is 5.22. The van der Waals surface area contributed by atoms with E-state index < -0.39 is 0 Å². The van der Waals surface area contributed by atoms with Gasteiger partial charge in [0.05, 0.1) is 13.2 Å². The van der Waals surface area contributed by atoms with Gasteiger partial charge in [0.15, 0.2) is 0 Å². The van der Waals surface area contributed by atoms with E-state index in [-0.39, 0.29) is 5.97 Å². The number of piperazine rings is 1. The van der Waals surface area contributed by atoms with Crippen LogP contribution in [0.3, 0.4) is 0 Å². The monoisotopic (exact) mass is 347 g/mol. The highest BCUT2D eigenvalue weighted by Crippen LogP contribution is 2.26. The number of nitrogens with zero attached hydrogens (tertiary/aromatic N) is 3. The third kappa shape index (κ3) is 3.56. The van der Waals surface area contributed by atoms with Gasteiger partial charge in [-0.3, -0.25) is 4.90 Å². The number of cyclic esters (lactones) is 1. The van der Waals surface area contributed by atoms with Gasteiger partial charge in [0, 0.05) is 44.4 Å². The number of anilines is 1. The van der Waals surface area contributed by atoms with Crippen LogP contribution < -0.4 is 4.90 Å². The highest BCUT2D eigenvalue weighted by molar-refractivity contribution is 5.97. The zero-order valence-electron chi connectivity index (χ0n) is 14.6. The molecule has 3 heterocycles. The minimum atomic E-state index is -0.245. The molecule has 0 saturated carbocycles. The summed E-state index contributed by atoms with van der Waals surface area (Å²) in [5.41, 5.74) is 2.74. The number of benzene rings is 1. The van der Waals surface area contributed by atoms with E-state index >= 15 is 0 Å². The molecule has 2 aliphatic heterocycles. The summed E-state index contributed by atoms with van der Waals surface area (Å²) >= 11 is 0. The molecule has 5 heteroatoms. The van der Waals surface area contributed by atoms with Gasteiger partial charge in [-0.1, -0.05) is 30.0 Å². The fraction of sp³-hybridized carbons (Fsp3) is 0.333. The molecule has 4 rings (SSSR count). The first-order valence-electron chi connectivity index (χ1n) is 8.97. The van der Waals surface area contributed by atoms with E-state index in [4.69, 9.17) is 4.74 Å². The summed E-state index contributed by atoms with van der Waals surface area (Å²) in [5, 5.41) is 0. The third-order valence-corrected chi connectivity index (χ3v) is 4.81. The van der Waals surface area contributed by atoms with Gasteiger partial charge in [-0.05, 0) is 23.8 Å². The molecule has 2 aliphatic rings. The highest BCUT2D eigenvalue weighted by atomic mass is 16.5. The number of carbonyl (C=O) groups is 1. The third-order valence-electron chi connectivity index (χ3n) is 4.81. The lowest BCUT2D eigenvalue weighted by atomic mass is 10.0. The lowest BCUT2D eigenvalue weighted by Crippen LogP contribution is -2.47. The Morgan fingerprint density at radius 2 is 1.88 bits per heavy atom. The fourth-order valence-electron chi connectivity index (χ4n) is 3.38. The van der Waals surface area contributed by atoms with Crippen LogP contribution in [0.25, 0.3) is 0 Å². The normalized spacial score (nSPS) is 17.1. The maximum absolute atomic E-state index is 12.2. The molecule has 0 amide bonds. The number of esters is 1. The minimum absolute atomic E-state index is 0.245. The average molecular weight is 347 g/mol. The van der Waals surface area contributed by atoms with E-state index in [0.717, 1.165) is 56.1 Å². The summed E-state index contributed by atoms with van der Waals surface area (Å²) in [5.74, 6) is 6.97. The number of ether oxygens (including phenoxy) is 1. The second-order valence-electron chi connectivity index (χ2n) is 6.49. The molecule has 132 valence electrons. The Morgan fingerprint density at radius 3 is 2.69 bits per heavy atom. The SMILES string of the molecule is O=C1OCCc2ccnc(N3CCN(CC#Cc4ccccc4)CC3)c21. The Balaban J connectivity index is 1.39. The van der Waals surface area contributed by atoms with Crippen molar-refractivity contribution in [2.24, 2.45) is 0 Å². The molecule has 0 N–H and O–H groups in total. The van der Waals surface area contributed by atoms with Gasteiger partial charge in [-0.25, -0.2) is 9.78 Å². The van der Waals surface area contributed by atoms with Crippen molar-refractivity contribution in [3.05, 3.63) is 59.3 Å². The van der Waals surface area contributed by atoms with E-state index in [9.17, 15) is 4.79 Å². The van der Waals surface area contributed by atoms with Crippen LogP contribution in [0.4, 0.5) is 5.82 Å². The van der Waals surface area contributed by atoms with Crippen molar-refractivity contribution >= 4 is 11.8 Å². The Morgan fingerprint density at radius 1 is 1.08 bits per heavy atom. The first-order valence-corrected chi connectivity index (χ1v) is 8.97. The van der Waals surface area contributed by atoms with Gasteiger partial charge in [0.25, 0.3) is 0 Å². The molecule has 0 unspecified atom stereocenters. The van der Waals surface area contributed by atoms with Crippen LogP contribution >= 0.6 is 0 Å². The predicted octanol–water partition coefficient (Wildman–Crippen LogP) is 1.97. The second kappa shape index (κ2) is 7.59. The van der Waals surface area contributed by atoms with Crippen molar-refractivity contribution in [2.45, 2.75) is 6.42 Å². The van der Waals surface area contributed by atoms with Crippen LogP contribution in [0.15, 0.2) is 42.6 Å². The Kier molecular flexibility index (Phi) is 4.85. The summed E-state index contributed by atoms with van der Waals surface area (Å²) in [4.78, 5) is 21.2. The van der Waals surface area contributed by atoms with E-state index in [0.29, 0.717) is 12.2 Å². The van der Waals surface area contributed by atoms with Crippen molar-refractivity contribution in [2.75, 3.05) is 44.2 Å². The van der Waals surface area contributed by atoms with Gasteiger partial charge in [-0.2, -0.15) is 0 Å². The van der Waals surface area contributed by atoms with Crippen molar-refractivity contribution < 1.29 is 9.53 Å². The van der Waals surface area contributed by atoms with Crippen LogP contribution in [-0.2, 0) is 11.2 Å². The van der Waals surface area contributed by atoms with Gasteiger partial charge in [0.2, 0.25) is 0 Å². The van der Waals surface area contributed by atoms with Crippen molar-refractivity contribution in [1.82, 2.24) is 9.88 Å². The number of fused-ring (bicyclic) bond motifs is 1. The maximum Gasteiger partial charge on any atom is 0.342 e. The Labute approximate surface area is 153 Å². The summed E-state index contributed by atoms with van der Waals surface area (Å²) in [6.45, 7) is 4.70. The van der Waals surface area contributed by atoms with Gasteiger partial charge < -0.3 is 9.64 Å². The predicted molar refractivity (Wildman–Crippen MR) is 100 cm³/mol. The summed E-state index contributed by atoms with van der Waals surface area (Å²) in [6, 6.07) is 12.0. The van der Waals surface area contributed by atoms with Crippen LogP contribution in [0.5, 0.6) is 0 Å². The minimum Gasteiger partial charge on any atom is -0.462 e. The molecular formula is C21H21N3O2. The molecule has 5 nitrogen and oxygen atoms in total. The Bertz CT molecular complexity index is 847. The molecule has 0 bridgehead atoms. The molecule has 2 aromatic rings. The van der Waals surface area contributed by atoms with Crippen LogP contribution in [0.2, 0.25) is 0 Å². The average Bonchev–Trinajstić information content (AvgIpc) is 2.69. The van der Waals surface area contributed by atoms with Crippen molar-refractivity contribution in [1.29, 1.82) is 0 Å². The number of rotatable bonds is 2. The van der Waals surface area contributed by atoms with Gasteiger partial charge in [0.1, 0.15) is 11.4 Å². The number of pyridine rings is 1. The summed E-state index contributed by atoms with van der Waals surface area (Å²) in [7, 11) is 0. The van der Waals surface area contributed by atoms with Crippen molar-refractivity contribution in [3.63, 3.8) is 0 Å². The topological polar surface area (TPSA) is 45.7 Å². The lowest BCUT2D eigenvalue weighted by molar-refractivity contribution is 0.0480. The largest absolute Gasteiger partial charge is 0.462 e. The standard InChI is InChI=1S/C21H21N3O2/c25-21-19-18(9-16-26-21)8-10-22-20(19)24-14-12-23(13-15-24)11-4-7-17-5-2-1-3-6-17/h1-3,5-6,8,10H,9,11-16H2. The Hall–Kier alpha value is -2.84. The second-order valence-corrected chi connectivity index (χ2v) is 6.49. The number of hydrogen-bond donors (Lipinski definition) is 0. The number of hydrogen-bond acceptors (Lipinski definition) is 5. The quantitative estimate of drug-likeness (QED) is 0.614. The van der Waals surface area contributed by atoms with Crippen LogP contribution in [0.1, 0.15) is 21.5 Å². The van der Waals surface area contributed by atoms with E-state index in [1.54, 1.807) is 6.20 Å². The molecular weight excluding hydrogens is 326 g/mol. The molecule has 0 radical (unpaired) electrons. The van der Waals surface area contributed by atoms with Crippen LogP contribution in [-0.4, -0.2) is 55.2 Å². The zero-order chi connectivity index (χ0) is 17.8. The number of carbonyl (C=O) groups excluding carboxylic acids is 1. The van der Waals surface area contributed by atoms with E-state index in [1.165, 1.54) is 0 Å². The smallest absolute Gasteiger partial charge is 0.342 e. The fourth-order valence-corrected chi connectivity index (χ4v) is 3.38. The van der Waals surface area contributed by atoms with Crippen LogP contribution in [0, 0.1) is 11.8 Å². The molecule has 1 saturated heterocycles. The lowest BCUT2D eigenvalue weighted by Gasteiger charge is -2.35. The number of aromatic nitrogens is 1. The molecule has 1 aromatic heterocycles. The zero-order valence-corrected chi connectivity index (χ0v) is 14.6. The molecule has 0 spiro atoms. The molecule has 1 aromatic carbocycles.